The average Bonchev–Trinajstić information content (AvgIpc) is 2.15. The van der Waals surface area contributed by atoms with E-state index in [9.17, 15) is 0 Å². The van der Waals surface area contributed by atoms with Gasteiger partial charge in [0.25, 0.3) is 0 Å². The van der Waals surface area contributed by atoms with Gasteiger partial charge in [-0.3, -0.25) is 0 Å². The molecule has 0 aliphatic heterocycles. The van der Waals surface area contributed by atoms with Crippen molar-refractivity contribution in [2.75, 3.05) is 0 Å². The summed E-state index contributed by atoms with van der Waals surface area (Å²) in [4.78, 5) is 0. The van der Waals surface area contributed by atoms with Gasteiger partial charge in [0.05, 0.1) is 0 Å². The first-order chi connectivity index (χ1) is 7.59. The van der Waals surface area contributed by atoms with Crippen LogP contribution in [0.5, 0.6) is 0 Å². The summed E-state index contributed by atoms with van der Waals surface area (Å²) in [7, 11) is 0. The summed E-state index contributed by atoms with van der Waals surface area (Å²) in [5, 5.41) is 0. The molecule has 16 heavy (non-hydrogen) atoms. The van der Waals surface area contributed by atoms with Gasteiger partial charge in [-0.15, -0.1) is 0 Å². The van der Waals surface area contributed by atoms with Gasteiger partial charge in [0.1, 0.15) is 0 Å². The summed E-state index contributed by atoms with van der Waals surface area (Å²) in [5.41, 5.74) is 5.87. The van der Waals surface area contributed by atoms with Crippen molar-refractivity contribution in [2.24, 2.45) is 0 Å². The van der Waals surface area contributed by atoms with Crippen LogP contribution < -0.4 is 0 Å². The SMILES string of the molecule is CC(C)=C/C1=C(\C=C(C)C)CC/C=C\CC1. The molecular formula is C16H24. The van der Waals surface area contributed by atoms with Gasteiger partial charge < -0.3 is 0 Å². The molecule has 0 nitrogen and oxygen atoms in total. The van der Waals surface area contributed by atoms with Crippen LogP contribution >= 0.6 is 0 Å². The monoisotopic (exact) mass is 216 g/mol. The summed E-state index contributed by atoms with van der Waals surface area (Å²) in [6.45, 7) is 8.73. The molecule has 1 aliphatic rings. The summed E-state index contributed by atoms with van der Waals surface area (Å²) >= 11 is 0. The Kier molecular flexibility index (Phi) is 5.31. The lowest BCUT2D eigenvalue weighted by atomic mass is 9.94. The minimum atomic E-state index is 1.18. The van der Waals surface area contributed by atoms with E-state index in [2.05, 4.69) is 52.0 Å². The molecule has 0 unspecified atom stereocenters. The molecule has 1 aliphatic carbocycles. The first kappa shape index (κ1) is 13.0. The van der Waals surface area contributed by atoms with Crippen molar-refractivity contribution in [3.63, 3.8) is 0 Å². The van der Waals surface area contributed by atoms with Crippen molar-refractivity contribution in [1.29, 1.82) is 0 Å². The van der Waals surface area contributed by atoms with E-state index < -0.39 is 0 Å². The fraction of sp³-hybridized carbons (Fsp3) is 0.500. The van der Waals surface area contributed by atoms with Gasteiger partial charge in [-0.2, -0.15) is 0 Å². The molecule has 0 aromatic carbocycles. The fourth-order valence-corrected chi connectivity index (χ4v) is 2.06. The van der Waals surface area contributed by atoms with Crippen LogP contribution in [0.2, 0.25) is 0 Å². The Hall–Kier alpha value is -1.04. The highest BCUT2D eigenvalue weighted by Gasteiger charge is 2.04. The lowest BCUT2D eigenvalue weighted by Gasteiger charge is -2.12. The van der Waals surface area contributed by atoms with Gasteiger partial charge in [0.2, 0.25) is 0 Å². The highest BCUT2D eigenvalue weighted by molar-refractivity contribution is 5.36. The Morgan fingerprint density at radius 2 is 1.19 bits per heavy atom. The van der Waals surface area contributed by atoms with Crippen molar-refractivity contribution in [1.82, 2.24) is 0 Å². The summed E-state index contributed by atoms with van der Waals surface area (Å²) in [5.74, 6) is 0. The number of rotatable bonds is 2. The summed E-state index contributed by atoms with van der Waals surface area (Å²) in [6.07, 6.45) is 14.1. The first-order valence-corrected chi connectivity index (χ1v) is 6.26. The molecule has 0 amide bonds. The minimum absolute atomic E-state index is 1.18. The topological polar surface area (TPSA) is 0 Å². The van der Waals surface area contributed by atoms with Crippen LogP contribution in [0.1, 0.15) is 53.4 Å². The second-order valence-corrected chi connectivity index (χ2v) is 5.04. The van der Waals surface area contributed by atoms with Crippen LogP contribution in [-0.2, 0) is 0 Å². The fourth-order valence-electron chi connectivity index (χ4n) is 2.06. The molecule has 0 heterocycles. The van der Waals surface area contributed by atoms with E-state index in [1.807, 2.05) is 0 Å². The average molecular weight is 216 g/mol. The lowest BCUT2D eigenvalue weighted by molar-refractivity contribution is 0.898. The van der Waals surface area contributed by atoms with E-state index >= 15 is 0 Å². The Morgan fingerprint density at radius 3 is 1.50 bits per heavy atom. The third-order valence-corrected chi connectivity index (χ3v) is 2.67. The predicted molar refractivity (Wildman–Crippen MR) is 73.5 cm³/mol. The van der Waals surface area contributed by atoms with Crippen molar-refractivity contribution >= 4 is 0 Å². The predicted octanol–water partition coefficient (Wildman–Crippen LogP) is 5.35. The minimum Gasteiger partial charge on any atom is -0.0882 e. The molecular weight excluding hydrogens is 192 g/mol. The first-order valence-electron chi connectivity index (χ1n) is 6.26. The quantitative estimate of drug-likeness (QED) is 0.546. The van der Waals surface area contributed by atoms with Crippen molar-refractivity contribution in [2.45, 2.75) is 53.4 Å². The smallest absolute Gasteiger partial charge is 0.0241 e. The molecule has 0 atom stereocenters. The van der Waals surface area contributed by atoms with Gasteiger partial charge in [0, 0.05) is 0 Å². The molecule has 0 spiro atoms. The van der Waals surface area contributed by atoms with E-state index in [4.69, 9.17) is 0 Å². The molecule has 0 N–H and O–H groups in total. The second kappa shape index (κ2) is 6.52. The van der Waals surface area contributed by atoms with Crippen LogP contribution in [0.4, 0.5) is 0 Å². The van der Waals surface area contributed by atoms with E-state index in [1.165, 1.54) is 48.0 Å². The molecule has 0 radical (unpaired) electrons. The normalized spacial score (nSPS) is 23.0. The number of hydrogen-bond acceptors (Lipinski definition) is 0. The Balaban J connectivity index is 3.03. The zero-order valence-electron chi connectivity index (χ0n) is 11.1. The maximum atomic E-state index is 2.36. The van der Waals surface area contributed by atoms with Gasteiger partial charge in [-0.05, 0) is 64.5 Å². The molecule has 0 aromatic rings. The van der Waals surface area contributed by atoms with Gasteiger partial charge in [-0.1, -0.05) is 35.5 Å². The molecule has 0 saturated carbocycles. The standard InChI is InChI=1S/C16H24/c1-13(2)11-15-9-7-5-6-8-10-16(15)12-14(3)4/h5-6,11-12H,7-10H2,1-4H3/b6-5-,16-15-. The lowest BCUT2D eigenvalue weighted by Crippen LogP contribution is -1.92. The zero-order chi connectivity index (χ0) is 12.0. The molecule has 0 fully saturated rings. The molecule has 0 heteroatoms. The van der Waals surface area contributed by atoms with Crippen LogP contribution in [0.25, 0.3) is 0 Å². The number of hydrogen-bond donors (Lipinski definition) is 0. The number of allylic oxidation sites excluding steroid dienone is 8. The Bertz CT molecular complexity index is 306. The van der Waals surface area contributed by atoms with E-state index in [-0.39, 0.29) is 0 Å². The van der Waals surface area contributed by atoms with Crippen molar-refractivity contribution in [3.8, 4) is 0 Å². The van der Waals surface area contributed by atoms with Crippen molar-refractivity contribution < 1.29 is 0 Å². The highest BCUT2D eigenvalue weighted by atomic mass is 14.1. The maximum Gasteiger partial charge on any atom is -0.0241 e. The Labute approximate surface area is 100 Å². The summed E-state index contributed by atoms with van der Waals surface area (Å²) < 4.78 is 0. The van der Waals surface area contributed by atoms with Crippen LogP contribution in [-0.4, -0.2) is 0 Å². The van der Waals surface area contributed by atoms with E-state index in [0.29, 0.717) is 0 Å². The molecule has 88 valence electrons. The molecule has 0 aromatic heterocycles. The van der Waals surface area contributed by atoms with Crippen LogP contribution in [0, 0.1) is 0 Å². The molecule has 0 bridgehead atoms. The van der Waals surface area contributed by atoms with Gasteiger partial charge in [-0.25, -0.2) is 0 Å². The van der Waals surface area contributed by atoms with Crippen molar-refractivity contribution in [3.05, 3.63) is 46.6 Å². The molecule has 1 rings (SSSR count). The molecule has 0 saturated heterocycles. The highest BCUT2D eigenvalue weighted by Crippen LogP contribution is 2.24. The largest absolute Gasteiger partial charge is 0.0882 e. The van der Waals surface area contributed by atoms with Crippen LogP contribution in [0.15, 0.2) is 46.6 Å². The van der Waals surface area contributed by atoms with Gasteiger partial charge in [0.15, 0.2) is 0 Å². The van der Waals surface area contributed by atoms with E-state index in [0.717, 1.165) is 0 Å². The maximum absolute atomic E-state index is 2.36. The Morgan fingerprint density at radius 1 is 0.812 bits per heavy atom. The van der Waals surface area contributed by atoms with Crippen LogP contribution in [0.3, 0.4) is 0 Å². The zero-order valence-corrected chi connectivity index (χ0v) is 11.1. The third-order valence-electron chi connectivity index (χ3n) is 2.67. The summed E-state index contributed by atoms with van der Waals surface area (Å²) in [6, 6.07) is 0. The third kappa shape index (κ3) is 4.65. The second-order valence-electron chi connectivity index (χ2n) is 5.04. The van der Waals surface area contributed by atoms with E-state index in [1.54, 1.807) is 0 Å². The van der Waals surface area contributed by atoms with Gasteiger partial charge >= 0.3 is 0 Å².